The molecule has 2 aromatic carbocycles. The first-order valence-corrected chi connectivity index (χ1v) is 6.84. The molecular weight excluding hydrogens is 250 g/mol. The van der Waals surface area contributed by atoms with Crippen molar-refractivity contribution in [3.05, 3.63) is 59.2 Å². The zero-order chi connectivity index (χ0) is 14.1. The van der Waals surface area contributed by atoms with Crippen molar-refractivity contribution in [1.82, 2.24) is 0 Å². The van der Waals surface area contributed by atoms with Crippen LogP contribution in [0.5, 0.6) is 11.5 Å². The van der Waals surface area contributed by atoms with E-state index in [2.05, 4.69) is 31.2 Å². The zero-order valence-corrected chi connectivity index (χ0v) is 11.8. The Morgan fingerprint density at radius 1 is 1.20 bits per heavy atom. The molecule has 0 bridgehead atoms. The molecule has 0 radical (unpaired) electrons. The van der Waals surface area contributed by atoms with Crippen LogP contribution in [0.4, 0.5) is 0 Å². The third kappa shape index (κ3) is 2.37. The maximum absolute atomic E-state index is 6.28. The predicted octanol–water partition coefficient (Wildman–Crippen LogP) is 3.53. The largest absolute Gasteiger partial charge is 0.497 e. The van der Waals surface area contributed by atoms with E-state index in [1.165, 1.54) is 11.1 Å². The second kappa shape index (κ2) is 5.17. The molecule has 0 spiro atoms. The SMILES string of the molecule is COc1ccc2c(c1)OC(c1cccc(C)c1)CC2N. The van der Waals surface area contributed by atoms with E-state index in [0.717, 1.165) is 23.5 Å². The molecule has 0 saturated carbocycles. The lowest BCUT2D eigenvalue weighted by Crippen LogP contribution is -2.24. The lowest BCUT2D eigenvalue weighted by atomic mass is 9.93. The van der Waals surface area contributed by atoms with Crippen LogP contribution in [0, 0.1) is 6.92 Å². The molecule has 0 fully saturated rings. The number of hydrogen-bond donors (Lipinski definition) is 1. The number of benzene rings is 2. The van der Waals surface area contributed by atoms with Gasteiger partial charge in [0, 0.05) is 24.1 Å². The topological polar surface area (TPSA) is 44.5 Å². The van der Waals surface area contributed by atoms with Crippen LogP contribution in [-0.2, 0) is 0 Å². The Morgan fingerprint density at radius 3 is 2.80 bits per heavy atom. The molecule has 0 aliphatic carbocycles. The summed E-state index contributed by atoms with van der Waals surface area (Å²) in [6.07, 6.45) is 0.799. The predicted molar refractivity (Wildman–Crippen MR) is 79.1 cm³/mol. The zero-order valence-electron chi connectivity index (χ0n) is 11.8. The molecule has 2 N–H and O–H groups in total. The highest BCUT2D eigenvalue weighted by molar-refractivity contribution is 5.44. The highest BCUT2D eigenvalue weighted by Crippen LogP contribution is 2.41. The smallest absolute Gasteiger partial charge is 0.128 e. The minimum absolute atomic E-state index is 0.00417. The average Bonchev–Trinajstić information content (AvgIpc) is 2.46. The van der Waals surface area contributed by atoms with Crippen LogP contribution in [0.25, 0.3) is 0 Å². The van der Waals surface area contributed by atoms with Crippen molar-refractivity contribution in [1.29, 1.82) is 0 Å². The van der Waals surface area contributed by atoms with Crippen LogP contribution in [-0.4, -0.2) is 7.11 Å². The molecule has 104 valence electrons. The van der Waals surface area contributed by atoms with Gasteiger partial charge in [-0.2, -0.15) is 0 Å². The molecule has 0 saturated heterocycles. The van der Waals surface area contributed by atoms with Crippen molar-refractivity contribution in [2.75, 3.05) is 7.11 Å². The van der Waals surface area contributed by atoms with E-state index in [9.17, 15) is 0 Å². The summed E-state index contributed by atoms with van der Waals surface area (Å²) in [6, 6.07) is 14.2. The molecule has 1 heterocycles. The van der Waals surface area contributed by atoms with Gasteiger partial charge in [-0.3, -0.25) is 0 Å². The van der Waals surface area contributed by atoms with Crippen LogP contribution in [0.15, 0.2) is 42.5 Å². The maximum Gasteiger partial charge on any atom is 0.128 e. The summed E-state index contributed by atoms with van der Waals surface area (Å²) in [5.74, 6) is 1.62. The number of aryl methyl sites for hydroxylation is 1. The van der Waals surface area contributed by atoms with Crippen LogP contribution < -0.4 is 15.2 Å². The summed E-state index contributed by atoms with van der Waals surface area (Å²) < 4.78 is 11.4. The fourth-order valence-electron chi connectivity index (χ4n) is 2.68. The molecular formula is C17H19NO2. The van der Waals surface area contributed by atoms with Gasteiger partial charge in [-0.25, -0.2) is 0 Å². The molecule has 1 aliphatic heterocycles. The summed E-state index contributed by atoms with van der Waals surface area (Å²) >= 11 is 0. The van der Waals surface area contributed by atoms with Gasteiger partial charge in [-0.15, -0.1) is 0 Å². The van der Waals surface area contributed by atoms with Crippen LogP contribution >= 0.6 is 0 Å². The Balaban J connectivity index is 1.95. The standard InChI is InChI=1S/C17H19NO2/c1-11-4-3-5-12(8-11)16-10-15(18)14-7-6-13(19-2)9-17(14)20-16/h3-9,15-16H,10,18H2,1-2H3. The lowest BCUT2D eigenvalue weighted by Gasteiger charge is -2.31. The van der Waals surface area contributed by atoms with E-state index >= 15 is 0 Å². The third-order valence-electron chi connectivity index (χ3n) is 3.77. The first kappa shape index (κ1) is 13.0. The van der Waals surface area contributed by atoms with Gasteiger partial charge < -0.3 is 15.2 Å². The molecule has 2 aromatic rings. The monoisotopic (exact) mass is 269 g/mol. The number of nitrogens with two attached hydrogens (primary N) is 1. The number of rotatable bonds is 2. The van der Waals surface area contributed by atoms with Gasteiger partial charge >= 0.3 is 0 Å². The number of fused-ring (bicyclic) bond motifs is 1. The number of hydrogen-bond acceptors (Lipinski definition) is 3. The Kier molecular flexibility index (Phi) is 3.36. The fraction of sp³-hybridized carbons (Fsp3) is 0.294. The van der Waals surface area contributed by atoms with Gasteiger partial charge in [-0.05, 0) is 18.6 Å². The van der Waals surface area contributed by atoms with E-state index in [1.807, 2.05) is 18.2 Å². The van der Waals surface area contributed by atoms with E-state index in [1.54, 1.807) is 7.11 Å². The first-order chi connectivity index (χ1) is 9.67. The number of ether oxygens (including phenoxy) is 2. The van der Waals surface area contributed by atoms with E-state index in [4.69, 9.17) is 15.2 Å². The molecule has 1 aliphatic rings. The van der Waals surface area contributed by atoms with Crippen molar-refractivity contribution in [3.8, 4) is 11.5 Å². The van der Waals surface area contributed by atoms with Gasteiger partial charge in [0.15, 0.2) is 0 Å². The summed E-state index contributed by atoms with van der Waals surface area (Å²) in [5, 5.41) is 0. The second-order valence-electron chi connectivity index (χ2n) is 5.27. The quantitative estimate of drug-likeness (QED) is 0.907. The van der Waals surface area contributed by atoms with E-state index in [0.29, 0.717) is 0 Å². The van der Waals surface area contributed by atoms with Gasteiger partial charge in [0.05, 0.1) is 7.11 Å². The molecule has 2 atom stereocenters. The molecule has 3 nitrogen and oxygen atoms in total. The first-order valence-electron chi connectivity index (χ1n) is 6.84. The van der Waals surface area contributed by atoms with Gasteiger partial charge in [-0.1, -0.05) is 35.9 Å². The summed E-state index contributed by atoms with van der Waals surface area (Å²) in [7, 11) is 1.66. The number of methoxy groups -OCH3 is 1. The van der Waals surface area contributed by atoms with Crippen LogP contribution in [0.2, 0.25) is 0 Å². The maximum atomic E-state index is 6.28. The average molecular weight is 269 g/mol. The van der Waals surface area contributed by atoms with E-state index < -0.39 is 0 Å². The van der Waals surface area contributed by atoms with Crippen molar-refractivity contribution in [2.24, 2.45) is 5.73 Å². The molecule has 2 unspecified atom stereocenters. The van der Waals surface area contributed by atoms with Crippen molar-refractivity contribution < 1.29 is 9.47 Å². The van der Waals surface area contributed by atoms with Crippen molar-refractivity contribution in [3.63, 3.8) is 0 Å². The van der Waals surface area contributed by atoms with Crippen molar-refractivity contribution in [2.45, 2.75) is 25.5 Å². The molecule has 20 heavy (non-hydrogen) atoms. The van der Waals surface area contributed by atoms with E-state index in [-0.39, 0.29) is 12.1 Å². The van der Waals surface area contributed by atoms with Crippen molar-refractivity contribution >= 4 is 0 Å². The molecule has 3 heteroatoms. The Hall–Kier alpha value is -2.00. The van der Waals surface area contributed by atoms with Gasteiger partial charge in [0.25, 0.3) is 0 Å². The van der Waals surface area contributed by atoms with Gasteiger partial charge in [0.1, 0.15) is 17.6 Å². The minimum atomic E-state index is -0.00447. The van der Waals surface area contributed by atoms with Gasteiger partial charge in [0.2, 0.25) is 0 Å². The summed E-state index contributed by atoms with van der Waals surface area (Å²) in [6.45, 7) is 2.09. The highest BCUT2D eigenvalue weighted by atomic mass is 16.5. The Labute approximate surface area is 119 Å². The summed E-state index contributed by atoms with van der Waals surface area (Å²) in [4.78, 5) is 0. The normalized spacial score (nSPS) is 20.9. The second-order valence-corrected chi connectivity index (χ2v) is 5.27. The lowest BCUT2D eigenvalue weighted by molar-refractivity contribution is 0.161. The Bertz CT molecular complexity index is 624. The Morgan fingerprint density at radius 2 is 2.05 bits per heavy atom. The van der Waals surface area contributed by atoms with Crippen LogP contribution in [0.1, 0.15) is 35.3 Å². The fourth-order valence-corrected chi connectivity index (χ4v) is 2.68. The molecule has 0 aromatic heterocycles. The molecule has 0 amide bonds. The highest BCUT2D eigenvalue weighted by Gasteiger charge is 2.27. The minimum Gasteiger partial charge on any atom is -0.497 e. The molecule has 3 rings (SSSR count). The van der Waals surface area contributed by atoms with Crippen LogP contribution in [0.3, 0.4) is 0 Å². The third-order valence-corrected chi connectivity index (χ3v) is 3.77. The summed E-state index contributed by atoms with van der Waals surface area (Å²) in [5.41, 5.74) is 9.74.